The summed E-state index contributed by atoms with van der Waals surface area (Å²) in [5.74, 6) is 1.22. The zero-order valence-corrected chi connectivity index (χ0v) is 26.3. The lowest BCUT2D eigenvalue weighted by atomic mass is 9.95. The van der Waals surface area contributed by atoms with Gasteiger partial charge < -0.3 is 34.2 Å². The third-order valence-corrected chi connectivity index (χ3v) is 8.06. The van der Waals surface area contributed by atoms with Crippen molar-refractivity contribution in [3.05, 3.63) is 64.6 Å². The first kappa shape index (κ1) is 31.5. The number of anilines is 1. The van der Waals surface area contributed by atoms with Crippen LogP contribution in [0.3, 0.4) is 0 Å². The van der Waals surface area contributed by atoms with Crippen LogP contribution in [0.1, 0.15) is 29.8 Å². The number of likely N-dealkylation sites (tertiary alicyclic amines) is 1. The van der Waals surface area contributed by atoms with Crippen LogP contribution in [0.4, 0.5) is 5.69 Å². The Morgan fingerprint density at radius 3 is 1.98 bits per heavy atom. The maximum Gasteiger partial charge on any atom is 0.355 e. The highest BCUT2D eigenvalue weighted by Gasteiger charge is 2.28. The van der Waals surface area contributed by atoms with Gasteiger partial charge in [0.25, 0.3) is 5.56 Å². The maximum absolute atomic E-state index is 14.4. The van der Waals surface area contributed by atoms with Crippen LogP contribution in [0, 0.1) is 0 Å². The summed E-state index contributed by atoms with van der Waals surface area (Å²) in [7, 11) is 7.32. The van der Waals surface area contributed by atoms with Crippen molar-refractivity contribution < 1.29 is 33.2 Å². The molecule has 0 spiro atoms. The van der Waals surface area contributed by atoms with Crippen LogP contribution in [-0.2, 0) is 4.74 Å². The molecule has 0 aliphatic carbocycles. The first-order valence-electron chi connectivity index (χ1n) is 14.8. The van der Waals surface area contributed by atoms with E-state index in [2.05, 4.69) is 4.90 Å². The van der Waals surface area contributed by atoms with E-state index in [-0.39, 0.29) is 5.69 Å². The molecule has 1 aliphatic rings. The number of hydrogen-bond acceptors (Lipinski definition) is 10. The SMILES string of the molecule is COC(=O)c1c(-c2cc(OC)c(OC)c(OC)c2)c2cc(OC)c(OCCN3CCCCC3)cc2c(=O)n1-c1ccc(N)cc1. The fourth-order valence-electron chi connectivity index (χ4n) is 5.82. The standard InChI is InChI=1S/C34H39N3O8/c1-40-26-19-24-25(20-27(26)45-16-15-36-13-7-6-8-14-36)33(38)37(23-11-9-22(35)10-12-23)31(34(39)44-5)30(24)21-17-28(41-2)32(43-4)29(18-21)42-3/h9-12,17-20H,6-8,13-16,35H2,1-5H3. The number of hydrogen-bond donors (Lipinski definition) is 1. The molecule has 0 radical (unpaired) electrons. The first-order chi connectivity index (χ1) is 21.8. The maximum atomic E-state index is 14.4. The number of methoxy groups -OCH3 is 5. The Kier molecular flexibility index (Phi) is 9.68. The molecule has 11 nitrogen and oxygen atoms in total. The number of pyridine rings is 1. The summed E-state index contributed by atoms with van der Waals surface area (Å²) in [4.78, 5) is 30.4. The second-order valence-electron chi connectivity index (χ2n) is 10.7. The lowest BCUT2D eigenvalue weighted by molar-refractivity contribution is 0.0591. The summed E-state index contributed by atoms with van der Waals surface area (Å²) in [5, 5.41) is 0.749. The number of rotatable bonds is 11. The molecule has 1 fully saturated rings. The third-order valence-electron chi connectivity index (χ3n) is 8.06. The van der Waals surface area contributed by atoms with Crippen molar-refractivity contribution in [2.45, 2.75) is 19.3 Å². The van der Waals surface area contributed by atoms with E-state index in [0.717, 1.165) is 19.6 Å². The minimum absolute atomic E-state index is 0.00476. The van der Waals surface area contributed by atoms with Crippen LogP contribution < -0.4 is 35.0 Å². The summed E-state index contributed by atoms with van der Waals surface area (Å²) in [6, 6.07) is 13.5. The Balaban J connectivity index is 1.82. The van der Waals surface area contributed by atoms with Crippen molar-refractivity contribution in [1.29, 1.82) is 0 Å². The summed E-state index contributed by atoms with van der Waals surface area (Å²) in [5.41, 5.74) is 7.35. The third kappa shape index (κ3) is 6.21. The number of aromatic nitrogens is 1. The molecule has 1 aromatic heterocycles. The van der Waals surface area contributed by atoms with Crippen LogP contribution in [0.5, 0.6) is 28.7 Å². The summed E-state index contributed by atoms with van der Waals surface area (Å²) >= 11 is 0. The summed E-state index contributed by atoms with van der Waals surface area (Å²) in [6.07, 6.45) is 3.60. The number of nitrogens with two attached hydrogens (primary N) is 1. The second kappa shape index (κ2) is 13.8. The number of piperidine rings is 1. The number of nitrogen functional groups attached to an aromatic ring is 1. The minimum atomic E-state index is -0.726. The molecule has 45 heavy (non-hydrogen) atoms. The number of carbonyl (C=O) groups is 1. The molecule has 0 amide bonds. The summed E-state index contributed by atoms with van der Waals surface area (Å²) < 4.78 is 35.4. The van der Waals surface area contributed by atoms with E-state index in [1.807, 2.05) is 0 Å². The van der Waals surface area contributed by atoms with Crippen molar-refractivity contribution in [3.8, 4) is 45.6 Å². The van der Waals surface area contributed by atoms with E-state index < -0.39 is 11.5 Å². The van der Waals surface area contributed by atoms with Crippen molar-refractivity contribution >= 4 is 22.4 Å². The Labute approximate surface area is 261 Å². The van der Waals surface area contributed by atoms with Crippen LogP contribution in [0.15, 0.2) is 53.3 Å². The topological polar surface area (TPSA) is 124 Å². The molecule has 1 aliphatic heterocycles. The van der Waals surface area contributed by atoms with Gasteiger partial charge in [-0.3, -0.25) is 14.3 Å². The molecule has 0 atom stereocenters. The number of carbonyl (C=O) groups excluding carboxylic acids is 1. The molecule has 1 saturated heterocycles. The Hall–Kier alpha value is -4.90. The van der Waals surface area contributed by atoms with Crippen LogP contribution in [0.25, 0.3) is 27.6 Å². The van der Waals surface area contributed by atoms with Crippen LogP contribution >= 0.6 is 0 Å². The molecule has 0 saturated carbocycles. The molecule has 238 valence electrons. The van der Waals surface area contributed by atoms with Gasteiger partial charge in [0.1, 0.15) is 12.3 Å². The number of benzene rings is 3. The van der Waals surface area contributed by atoms with E-state index in [1.165, 1.54) is 59.4 Å². The number of fused-ring (bicyclic) bond motifs is 1. The van der Waals surface area contributed by atoms with E-state index in [0.29, 0.717) is 68.6 Å². The van der Waals surface area contributed by atoms with Gasteiger partial charge in [0.15, 0.2) is 23.0 Å². The Morgan fingerprint density at radius 2 is 1.40 bits per heavy atom. The quantitative estimate of drug-likeness (QED) is 0.183. The smallest absolute Gasteiger partial charge is 0.355 e. The molecule has 11 heteroatoms. The lowest BCUT2D eigenvalue weighted by Gasteiger charge is -2.26. The highest BCUT2D eigenvalue weighted by molar-refractivity contribution is 6.08. The van der Waals surface area contributed by atoms with E-state index in [9.17, 15) is 9.59 Å². The van der Waals surface area contributed by atoms with Crippen LogP contribution in [0.2, 0.25) is 0 Å². The largest absolute Gasteiger partial charge is 0.493 e. The lowest BCUT2D eigenvalue weighted by Crippen LogP contribution is -2.33. The van der Waals surface area contributed by atoms with Gasteiger partial charge in [-0.15, -0.1) is 0 Å². The number of esters is 1. The van der Waals surface area contributed by atoms with Crippen LogP contribution in [-0.4, -0.2) is 77.2 Å². The monoisotopic (exact) mass is 617 g/mol. The average molecular weight is 618 g/mol. The molecule has 4 aromatic rings. The normalized spacial score (nSPS) is 13.4. The average Bonchev–Trinajstić information content (AvgIpc) is 3.07. The van der Waals surface area contributed by atoms with Gasteiger partial charge in [0.2, 0.25) is 5.75 Å². The zero-order valence-electron chi connectivity index (χ0n) is 26.3. The van der Waals surface area contributed by atoms with Crippen molar-refractivity contribution in [2.24, 2.45) is 0 Å². The van der Waals surface area contributed by atoms with Gasteiger partial charge in [-0.2, -0.15) is 0 Å². The highest BCUT2D eigenvalue weighted by Crippen LogP contribution is 2.45. The van der Waals surface area contributed by atoms with Gasteiger partial charge >= 0.3 is 5.97 Å². The molecular formula is C34H39N3O8. The van der Waals surface area contributed by atoms with Gasteiger partial charge in [-0.1, -0.05) is 6.42 Å². The predicted octanol–water partition coefficient (Wildman–Crippen LogP) is 4.93. The second-order valence-corrected chi connectivity index (χ2v) is 10.7. The van der Waals surface area contributed by atoms with Crippen molar-refractivity contribution in [1.82, 2.24) is 9.47 Å². The minimum Gasteiger partial charge on any atom is -0.493 e. The van der Waals surface area contributed by atoms with Gasteiger partial charge in [-0.05, 0) is 80.0 Å². The molecular weight excluding hydrogens is 578 g/mol. The van der Waals surface area contributed by atoms with E-state index in [1.54, 1.807) is 48.5 Å². The molecule has 0 bridgehead atoms. The molecule has 5 rings (SSSR count). The predicted molar refractivity (Wildman–Crippen MR) is 173 cm³/mol. The van der Waals surface area contributed by atoms with Crippen molar-refractivity contribution in [2.75, 3.05) is 67.5 Å². The summed E-state index contributed by atoms with van der Waals surface area (Å²) in [6.45, 7) is 3.26. The zero-order chi connectivity index (χ0) is 32.1. The van der Waals surface area contributed by atoms with Crippen molar-refractivity contribution in [3.63, 3.8) is 0 Å². The number of nitrogens with zero attached hydrogens (tertiary/aromatic N) is 2. The van der Waals surface area contributed by atoms with Gasteiger partial charge in [0, 0.05) is 28.9 Å². The molecule has 0 unspecified atom stereocenters. The molecule has 3 aromatic carbocycles. The van der Waals surface area contributed by atoms with Gasteiger partial charge in [-0.25, -0.2) is 4.79 Å². The molecule has 2 N–H and O–H groups in total. The fourth-order valence-corrected chi connectivity index (χ4v) is 5.82. The van der Waals surface area contributed by atoms with E-state index >= 15 is 0 Å². The molecule has 2 heterocycles. The Bertz CT molecular complexity index is 1720. The van der Waals surface area contributed by atoms with Gasteiger partial charge in [0.05, 0.1) is 40.9 Å². The fraction of sp³-hybridized carbons (Fsp3) is 0.353. The first-order valence-corrected chi connectivity index (χ1v) is 14.8. The number of ether oxygens (including phenoxy) is 6. The van der Waals surface area contributed by atoms with E-state index in [4.69, 9.17) is 34.2 Å². The highest BCUT2D eigenvalue weighted by atomic mass is 16.5. The Morgan fingerprint density at radius 1 is 0.778 bits per heavy atom.